The molecule has 1 saturated heterocycles. The Morgan fingerprint density at radius 1 is 1.04 bits per heavy atom. The summed E-state index contributed by atoms with van der Waals surface area (Å²) in [6.45, 7) is 4.94. The van der Waals surface area contributed by atoms with Crippen LogP contribution in [0.25, 0.3) is 0 Å². The third-order valence-electron chi connectivity index (χ3n) is 5.57. The van der Waals surface area contributed by atoms with Gasteiger partial charge >= 0.3 is 0 Å². The van der Waals surface area contributed by atoms with Crippen LogP contribution in [0.5, 0.6) is 0 Å². The van der Waals surface area contributed by atoms with Crippen molar-refractivity contribution in [3.63, 3.8) is 0 Å². The van der Waals surface area contributed by atoms with Gasteiger partial charge in [-0.05, 0) is 49.9 Å². The summed E-state index contributed by atoms with van der Waals surface area (Å²) in [7, 11) is 9.32. The zero-order valence-electron chi connectivity index (χ0n) is 17.0. The number of nitrogen functional groups attached to an aromatic ring is 1. The van der Waals surface area contributed by atoms with Gasteiger partial charge in [-0.1, -0.05) is 0 Å². The number of anilines is 2. The molecule has 1 atom stereocenters. The number of nitrogens with zero attached hydrogens (tertiary/aromatic N) is 2. The Morgan fingerprint density at radius 3 is 2.27 bits per heavy atom. The van der Waals surface area contributed by atoms with Gasteiger partial charge in [-0.25, -0.2) is 0 Å². The topological polar surface area (TPSA) is 33.7 Å². The van der Waals surface area contributed by atoms with Gasteiger partial charge in [0.1, 0.15) is 6.04 Å². The van der Waals surface area contributed by atoms with Crippen LogP contribution < -0.4 is 40.3 Å². The summed E-state index contributed by atoms with van der Waals surface area (Å²) < 4.78 is 1.16. The van der Waals surface area contributed by atoms with Crippen molar-refractivity contribution in [2.45, 2.75) is 38.1 Å². The molecule has 1 fully saturated rings. The van der Waals surface area contributed by atoms with Crippen molar-refractivity contribution in [2.75, 3.05) is 65.0 Å². The summed E-state index contributed by atoms with van der Waals surface area (Å²) in [5, 5.41) is 0. The van der Waals surface area contributed by atoms with E-state index < -0.39 is 0 Å². The lowest BCUT2D eigenvalue weighted by Gasteiger charge is -2.36. The monoisotopic (exact) mass is 404 g/mol. The van der Waals surface area contributed by atoms with Gasteiger partial charge in [0.2, 0.25) is 0 Å². The standard InChI is InChI=1S/C20H37N4.2ClH/c1-22(2)14-7-5-6-8-16-24(3,4)20-13-15-23(17-20)19-11-9-18(21)10-12-19;;/h9-12,20H,5-8,13-17,21H2,1-4H3;2*1H/q+1;;/p-1. The summed E-state index contributed by atoms with van der Waals surface area (Å²) in [5.41, 5.74) is 7.97. The highest BCUT2D eigenvalue weighted by Crippen LogP contribution is 2.26. The van der Waals surface area contributed by atoms with E-state index in [4.69, 9.17) is 5.73 Å². The Kier molecular flexibility index (Phi) is 11.6. The van der Waals surface area contributed by atoms with Crippen LogP contribution in [0.2, 0.25) is 0 Å². The largest absolute Gasteiger partial charge is 1.00 e. The molecule has 152 valence electrons. The van der Waals surface area contributed by atoms with E-state index in [0.717, 1.165) is 16.2 Å². The second-order valence-corrected chi connectivity index (χ2v) is 8.35. The van der Waals surface area contributed by atoms with Crippen molar-refractivity contribution < 1.29 is 34.2 Å². The maximum atomic E-state index is 5.80. The molecular weight excluding hydrogens is 367 g/mol. The summed E-state index contributed by atoms with van der Waals surface area (Å²) in [5.74, 6) is 0. The van der Waals surface area contributed by atoms with Crippen molar-refractivity contribution in [1.29, 1.82) is 0 Å². The normalized spacial score (nSPS) is 17.1. The van der Waals surface area contributed by atoms with E-state index in [1.165, 1.54) is 64.0 Å². The minimum absolute atomic E-state index is 0. The van der Waals surface area contributed by atoms with Gasteiger partial charge in [0.15, 0.2) is 0 Å². The molecule has 1 aliphatic rings. The van der Waals surface area contributed by atoms with Crippen LogP contribution in [0.3, 0.4) is 0 Å². The number of nitrogens with one attached hydrogen (secondary N) is 1. The highest BCUT2D eigenvalue weighted by molar-refractivity contribution is 5.53. The zero-order chi connectivity index (χ0) is 17.6. The molecule has 0 aromatic heterocycles. The molecule has 4 nitrogen and oxygen atoms in total. The molecule has 0 radical (unpaired) electrons. The molecule has 1 aliphatic heterocycles. The van der Waals surface area contributed by atoms with Gasteiger partial charge < -0.3 is 44.8 Å². The van der Waals surface area contributed by atoms with Gasteiger partial charge in [0.25, 0.3) is 0 Å². The first kappa shape index (κ1) is 25.3. The van der Waals surface area contributed by atoms with Crippen LogP contribution in [0.1, 0.15) is 32.1 Å². The lowest BCUT2D eigenvalue weighted by Crippen LogP contribution is -3.05. The molecule has 0 aliphatic carbocycles. The van der Waals surface area contributed by atoms with Crippen LogP contribution in [0, 0.1) is 0 Å². The van der Waals surface area contributed by atoms with Gasteiger partial charge in [0.05, 0.1) is 47.8 Å². The van der Waals surface area contributed by atoms with Crippen molar-refractivity contribution in [3.05, 3.63) is 24.3 Å². The van der Waals surface area contributed by atoms with Crippen LogP contribution in [0.4, 0.5) is 11.4 Å². The van der Waals surface area contributed by atoms with Crippen molar-refractivity contribution in [3.8, 4) is 0 Å². The molecule has 6 heteroatoms. The van der Waals surface area contributed by atoms with E-state index in [1.54, 1.807) is 4.90 Å². The van der Waals surface area contributed by atoms with E-state index in [-0.39, 0.29) is 24.8 Å². The van der Waals surface area contributed by atoms with Gasteiger partial charge in [-0.2, -0.15) is 0 Å². The second kappa shape index (κ2) is 11.9. The smallest absolute Gasteiger partial charge is 0.108 e. The predicted octanol–water partition coefficient (Wildman–Crippen LogP) is -4.36. The number of likely N-dealkylation sites (N-methyl/N-ethyl adjacent to an activating group) is 1. The Morgan fingerprint density at radius 2 is 1.65 bits per heavy atom. The molecule has 1 aromatic rings. The molecule has 26 heavy (non-hydrogen) atoms. The van der Waals surface area contributed by atoms with E-state index >= 15 is 0 Å². The lowest BCUT2D eigenvalue weighted by atomic mass is 10.1. The van der Waals surface area contributed by atoms with E-state index in [1.807, 2.05) is 12.1 Å². The molecule has 1 aromatic carbocycles. The van der Waals surface area contributed by atoms with Crippen LogP contribution in [-0.2, 0) is 0 Å². The van der Waals surface area contributed by atoms with Gasteiger partial charge in [-0.3, -0.25) is 0 Å². The molecule has 0 bridgehead atoms. The summed E-state index contributed by atoms with van der Waals surface area (Å²) in [6.07, 6.45) is 6.77. The Bertz CT molecular complexity index is 491. The quantitative estimate of drug-likeness (QED) is 0.247. The fraction of sp³-hybridized carbons (Fsp3) is 0.700. The van der Waals surface area contributed by atoms with E-state index in [9.17, 15) is 0 Å². The molecule has 1 heterocycles. The summed E-state index contributed by atoms with van der Waals surface area (Å²) in [4.78, 5) is 4.09. The average Bonchev–Trinajstić information content (AvgIpc) is 3.02. The fourth-order valence-corrected chi connectivity index (χ4v) is 3.77. The Hall–Kier alpha value is -0.680. The highest BCUT2D eigenvalue weighted by Gasteiger charge is 2.34. The molecular formula is C20H38Cl2N4. The van der Waals surface area contributed by atoms with Crippen molar-refractivity contribution in [2.24, 2.45) is 0 Å². The molecule has 1 unspecified atom stereocenters. The van der Waals surface area contributed by atoms with Gasteiger partial charge in [0, 0.05) is 24.3 Å². The molecule has 0 saturated carbocycles. The van der Waals surface area contributed by atoms with Gasteiger partial charge in [-0.15, -0.1) is 0 Å². The minimum Gasteiger partial charge on any atom is -1.00 e. The molecule has 0 amide bonds. The second-order valence-electron chi connectivity index (χ2n) is 8.35. The summed E-state index contributed by atoms with van der Waals surface area (Å²) >= 11 is 0. The van der Waals surface area contributed by atoms with Crippen LogP contribution >= 0.6 is 0 Å². The number of hydrogen-bond donors (Lipinski definition) is 2. The van der Waals surface area contributed by atoms with Crippen LogP contribution in [0.15, 0.2) is 24.3 Å². The fourth-order valence-electron chi connectivity index (χ4n) is 3.77. The zero-order valence-corrected chi connectivity index (χ0v) is 18.5. The first-order chi connectivity index (χ1) is 11.4. The number of benzene rings is 1. The van der Waals surface area contributed by atoms with Crippen LogP contribution in [-0.4, -0.2) is 64.9 Å². The highest BCUT2D eigenvalue weighted by atomic mass is 35.5. The first-order valence-corrected chi connectivity index (χ1v) is 9.61. The first-order valence-electron chi connectivity index (χ1n) is 9.61. The maximum Gasteiger partial charge on any atom is 0.108 e. The van der Waals surface area contributed by atoms with E-state index in [2.05, 4.69) is 45.2 Å². The molecule has 3 N–H and O–H groups in total. The predicted molar refractivity (Wildman–Crippen MR) is 105 cm³/mol. The molecule has 0 spiro atoms. The van der Waals surface area contributed by atoms with E-state index in [0.29, 0.717) is 0 Å². The summed E-state index contributed by atoms with van der Waals surface area (Å²) in [6, 6.07) is 9.08. The Balaban J connectivity index is 0.00000312. The number of quaternary nitrogens is 2. The number of unbranched alkanes of at least 4 members (excludes halogenated alkanes) is 3. The number of rotatable bonds is 9. The SMILES string of the molecule is C[NH+](C)CCCCCC[N+](C)(C)C1CCN(c2ccc(N)cc2)C1.[Cl-].[Cl-]. The van der Waals surface area contributed by atoms with Crippen molar-refractivity contribution in [1.82, 2.24) is 0 Å². The number of nitrogens with two attached hydrogens (primary N) is 1. The number of hydrogen-bond acceptors (Lipinski definition) is 2. The lowest BCUT2D eigenvalue weighted by molar-refractivity contribution is -0.912. The van der Waals surface area contributed by atoms with Crippen molar-refractivity contribution >= 4 is 11.4 Å². The number of halogens is 2. The average molecular weight is 405 g/mol. The minimum atomic E-state index is 0. The third kappa shape index (κ3) is 7.91. The molecule has 2 rings (SSSR count). The Labute approximate surface area is 173 Å². The maximum absolute atomic E-state index is 5.80. The third-order valence-corrected chi connectivity index (χ3v) is 5.57.